The van der Waals surface area contributed by atoms with Gasteiger partial charge in [0, 0.05) is 0 Å². The Kier molecular flexibility index (Phi) is 10.8. The summed E-state index contributed by atoms with van der Waals surface area (Å²) in [7, 11) is -9.16. The maximum Gasteiger partial charge on any atom is 0.188 e. The maximum absolute atomic E-state index is 7.57. The Hall–Kier alpha value is -7.35. The van der Waals surface area contributed by atoms with E-state index >= 15 is 0 Å². The van der Waals surface area contributed by atoms with Gasteiger partial charge < -0.3 is 4.74 Å². The molecule has 1 nitrogen and oxygen atoms in total. The lowest BCUT2D eigenvalue weighted by molar-refractivity contribution is 0.480. The summed E-state index contributed by atoms with van der Waals surface area (Å²) in [4.78, 5) is 0. The molecule has 0 bridgehead atoms. The highest BCUT2D eigenvalue weighted by molar-refractivity contribution is 7.23. The van der Waals surface area contributed by atoms with Gasteiger partial charge >= 0.3 is 0 Å². The van der Waals surface area contributed by atoms with Crippen molar-refractivity contribution in [3.05, 3.63) is 278 Å². The van der Waals surface area contributed by atoms with Gasteiger partial charge in [0.15, 0.2) is 24.2 Å². The number of hydrogen-bond acceptors (Lipinski definition) is 1. The minimum Gasteiger partial charge on any atom is -0.457 e. The summed E-state index contributed by atoms with van der Waals surface area (Å²) in [5.41, 5.74) is 2.31. The van der Waals surface area contributed by atoms with Crippen LogP contribution in [0.25, 0.3) is 0 Å². The third-order valence-electron chi connectivity index (χ3n) is 14.1. The minimum atomic E-state index is -3.25. The smallest absolute Gasteiger partial charge is 0.188 e. The number of ether oxygens (including phenoxy) is 1. The first-order valence-corrected chi connectivity index (χ1v) is 29.0. The third kappa shape index (κ3) is 6.47. The van der Waals surface area contributed by atoms with Gasteiger partial charge in [-0.1, -0.05) is 267 Å². The minimum absolute atomic E-state index is 0.983. The van der Waals surface area contributed by atoms with Crippen LogP contribution in [0.15, 0.2) is 267 Å². The zero-order chi connectivity index (χ0) is 44.6. The van der Waals surface area contributed by atoms with Gasteiger partial charge in [-0.2, -0.15) is 0 Å². The Labute approximate surface area is 392 Å². The summed E-state index contributed by atoms with van der Waals surface area (Å²) in [6.45, 7) is 4.56. The molecule has 10 aromatic carbocycles. The highest BCUT2D eigenvalue weighted by Gasteiger charge is 2.52. The molecule has 0 unspecified atom stereocenters. The Bertz CT molecular complexity index is 2840. The molecule has 66 heavy (non-hydrogen) atoms. The second kappa shape index (κ2) is 17.2. The van der Waals surface area contributed by atoms with Gasteiger partial charge in [0.1, 0.15) is 11.5 Å². The van der Waals surface area contributed by atoms with Crippen LogP contribution in [0.5, 0.6) is 11.5 Å². The molecule has 11 rings (SSSR count). The van der Waals surface area contributed by atoms with Crippen molar-refractivity contribution in [2.75, 3.05) is 0 Å². The summed E-state index contributed by atoms with van der Waals surface area (Å²) in [5.74, 6) is 1.97. The number of benzene rings is 10. The largest absolute Gasteiger partial charge is 0.457 e. The quantitative estimate of drug-likeness (QED) is 0.112. The van der Waals surface area contributed by atoms with Gasteiger partial charge in [-0.15, -0.1) is 0 Å². The zero-order valence-corrected chi connectivity index (χ0v) is 40.3. The molecule has 0 radical (unpaired) electrons. The van der Waals surface area contributed by atoms with Crippen LogP contribution in [0.4, 0.5) is 0 Å². The summed E-state index contributed by atoms with van der Waals surface area (Å²) >= 11 is 0. The highest BCUT2D eigenvalue weighted by atomic mass is 28.3. The Morgan fingerprint density at radius 3 is 0.742 bits per heavy atom. The van der Waals surface area contributed by atoms with E-state index in [4.69, 9.17) is 4.74 Å². The van der Waals surface area contributed by atoms with Gasteiger partial charge in [0.25, 0.3) is 0 Å². The molecule has 0 saturated carbocycles. The van der Waals surface area contributed by atoms with Crippen molar-refractivity contribution in [2.24, 2.45) is 0 Å². The molecule has 1 aliphatic rings. The lowest BCUT2D eigenvalue weighted by atomic mass is 10.2. The lowest BCUT2D eigenvalue weighted by Gasteiger charge is -2.43. The average molecular weight is 895 g/mol. The SMILES string of the molecule is Cc1cc([Si](c2ccccc2)(c2ccccc2)c2ccccc2)cc2c1Oc1c(C)cc([Si](c3ccccc3)(c3ccccc3)c3ccccc3)cc1[Si]2(c1ccccc1)c1ccccc1. The van der Waals surface area contributed by atoms with E-state index in [-0.39, 0.29) is 0 Å². The molecule has 0 aromatic heterocycles. The molecule has 0 N–H and O–H groups in total. The predicted molar refractivity (Wildman–Crippen MR) is 287 cm³/mol. The van der Waals surface area contributed by atoms with Crippen LogP contribution in [0, 0.1) is 13.8 Å². The first kappa shape index (κ1) is 41.4. The summed E-state index contributed by atoms with van der Waals surface area (Å²) in [6, 6.07) is 101. The summed E-state index contributed by atoms with van der Waals surface area (Å²) in [6.07, 6.45) is 0. The molecule has 0 spiro atoms. The second-order valence-electron chi connectivity index (χ2n) is 17.6. The molecule has 0 fully saturated rings. The van der Waals surface area contributed by atoms with E-state index in [1.54, 1.807) is 0 Å². The van der Waals surface area contributed by atoms with Crippen molar-refractivity contribution in [1.82, 2.24) is 0 Å². The predicted octanol–water partition coefficient (Wildman–Crippen LogP) is 6.54. The van der Waals surface area contributed by atoms with Crippen LogP contribution in [0.2, 0.25) is 0 Å². The molecule has 0 aliphatic carbocycles. The van der Waals surface area contributed by atoms with E-state index in [0.29, 0.717) is 0 Å². The zero-order valence-electron chi connectivity index (χ0n) is 37.3. The van der Waals surface area contributed by atoms with Crippen LogP contribution in [0.3, 0.4) is 0 Å². The number of hydrogen-bond donors (Lipinski definition) is 0. The molecule has 0 amide bonds. The van der Waals surface area contributed by atoms with Gasteiger partial charge in [-0.25, -0.2) is 0 Å². The van der Waals surface area contributed by atoms with Gasteiger partial charge in [0.05, 0.1) is 0 Å². The first-order chi connectivity index (χ1) is 32.6. The van der Waals surface area contributed by atoms with E-state index in [2.05, 4.69) is 281 Å². The summed E-state index contributed by atoms with van der Waals surface area (Å²) in [5, 5.41) is 16.1. The van der Waals surface area contributed by atoms with Crippen LogP contribution >= 0.6 is 0 Å². The molecular formula is C62H50OSi3. The topological polar surface area (TPSA) is 9.23 Å². The average Bonchev–Trinajstić information content (AvgIpc) is 3.39. The van der Waals surface area contributed by atoms with Crippen LogP contribution < -0.4 is 67.0 Å². The molecular weight excluding hydrogens is 845 g/mol. The van der Waals surface area contributed by atoms with E-state index in [9.17, 15) is 0 Å². The second-order valence-corrected chi connectivity index (χ2v) is 29.0. The van der Waals surface area contributed by atoms with Crippen molar-refractivity contribution < 1.29 is 4.74 Å². The van der Waals surface area contributed by atoms with Gasteiger partial charge in [-0.05, 0) is 87.2 Å². The maximum atomic E-state index is 7.57. The van der Waals surface area contributed by atoms with Crippen molar-refractivity contribution in [1.29, 1.82) is 0 Å². The fourth-order valence-corrected chi connectivity index (χ4v) is 26.6. The normalized spacial score (nSPS) is 12.9. The van der Waals surface area contributed by atoms with E-state index in [1.165, 1.54) is 62.2 Å². The highest BCUT2D eigenvalue weighted by Crippen LogP contribution is 2.34. The van der Waals surface area contributed by atoms with E-state index < -0.39 is 24.2 Å². The van der Waals surface area contributed by atoms with Crippen LogP contribution in [0.1, 0.15) is 11.1 Å². The van der Waals surface area contributed by atoms with Crippen molar-refractivity contribution in [3.8, 4) is 11.5 Å². The first-order valence-electron chi connectivity index (χ1n) is 23.0. The van der Waals surface area contributed by atoms with Crippen LogP contribution in [-0.2, 0) is 0 Å². The molecule has 316 valence electrons. The lowest BCUT2D eigenvalue weighted by Crippen LogP contribution is -2.80. The monoisotopic (exact) mass is 894 g/mol. The third-order valence-corrected chi connectivity index (χ3v) is 28.3. The van der Waals surface area contributed by atoms with Crippen molar-refractivity contribution >= 4 is 86.5 Å². The van der Waals surface area contributed by atoms with E-state index in [0.717, 1.165) is 22.6 Å². The number of fused-ring (bicyclic) bond motifs is 2. The Morgan fingerprint density at radius 2 is 0.500 bits per heavy atom. The van der Waals surface area contributed by atoms with Gasteiger partial charge in [0.2, 0.25) is 0 Å². The fraction of sp³-hybridized carbons (Fsp3) is 0.0323. The van der Waals surface area contributed by atoms with Gasteiger partial charge in [-0.3, -0.25) is 0 Å². The standard InChI is InChI=1S/C62H50OSi3/c1-47-43-57(64(49-27-11-3-12-28-49,50-29-13-4-14-30-50)51-31-15-5-16-32-51)45-59-61(47)63-62-48(2)44-58(46-60(62)66(59,55-39-23-9-24-40-55)56-41-25-10-26-42-56)65(52-33-17-6-18-34-52,53-35-19-7-20-36-53)54-37-21-8-22-38-54/h3-46H,1-2H3. The van der Waals surface area contributed by atoms with Crippen molar-refractivity contribution in [3.63, 3.8) is 0 Å². The fourth-order valence-electron chi connectivity index (χ4n) is 11.3. The molecule has 0 atom stereocenters. The molecule has 10 aromatic rings. The number of rotatable bonds is 10. The van der Waals surface area contributed by atoms with Crippen LogP contribution in [-0.4, -0.2) is 24.2 Å². The molecule has 0 saturated heterocycles. The van der Waals surface area contributed by atoms with E-state index in [1.807, 2.05) is 0 Å². The van der Waals surface area contributed by atoms with Crippen molar-refractivity contribution in [2.45, 2.75) is 13.8 Å². The Balaban J connectivity index is 1.31. The molecule has 4 heteroatoms. The Morgan fingerprint density at radius 1 is 0.273 bits per heavy atom. The molecule has 1 heterocycles. The number of aryl methyl sites for hydroxylation is 2. The summed E-state index contributed by atoms with van der Waals surface area (Å²) < 4.78 is 7.57. The molecule has 1 aliphatic heterocycles.